The first-order valence-electron chi connectivity index (χ1n) is 14.1. The summed E-state index contributed by atoms with van der Waals surface area (Å²) in [6, 6.07) is 37.0. The van der Waals surface area contributed by atoms with Crippen molar-refractivity contribution in [2.75, 3.05) is 4.90 Å². The van der Waals surface area contributed by atoms with E-state index in [1.807, 2.05) is 12.1 Å². The van der Waals surface area contributed by atoms with Crippen molar-refractivity contribution >= 4 is 22.8 Å². The molecule has 2 aliphatic heterocycles. The number of fused-ring (bicyclic) bond motifs is 9. The van der Waals surface area contributed by atoms with E-state index in [0.717, 1.165) is 63.7 Å². The zero-order chi connectivity index (χ0) is 27.0. The van der Waals surface area contributed by atoms with Gasteiger partial charge in [-0.25, -0.2) is 0 Å². The molecule has 194 valence electrons. The Labute approximate surface area is 234 Å². The van der Waals surface area contributed by atoms with E-state index >= 15 is 0 Å². The summed E-state index contributed by atoms with van der Waals surface area (Å²) in [6.07, 6.45) is 2.52. The molecule has 0 aromatic heterocycles. The SMILES string of the molecule is Cc1ccc2c(c1)C1(c3ccccc3Oc3ccccc31)c1cc(C)ccc1N2c1ccc2c(c1)C(=O)CCC2. The van der Waals surface area contributed by atoms with Crippen LogP contribution in [0.2, 0.25) is 0 Å². The number of carbonyl (C=O) groups excluding carboxylic acids is 1. The Morgan fingerprint density at radius 1 is 0.650 bits per heavy atom. The molecule has 0 amide bonds. The van der Waals surface area contributed by atoms with E-state index in [-0.39, 0.29) is 5.78 Å². The van der Waals surface area contributed by atoms with Gasteiger partial charge in [-0.1, -0.05) is 77.9 Å². The number of benzene rings is 5. The molecule has 40 heavy (non-hydrogen) atoms. The third-order valence-electron chi connectivity index (χ3n) is 8.90. The Morgan fingerprint density at radius 3 is 1.88 bits per heavy atom. The Morgan fingerprint density at radius 2 is 1.25 bits per heavy atom. The lowest BCUT2D eigenvalue weighted by molar-refractivity contribution is 0.0972. The highest BCUT2D eigenvalue weighted by Crippen LogP contribution is 2.62. The van der Waals surface area contributed by atoms with E-state index in [0.29, 0.717) is 6.42 Å². The van der Waals surface area contributed by atoms with Crippen LogP contribution in [0.1, 0.15) is 62.1 Å². The van der Waals surface area contributed by atoms with Crippen LogP contribution in [-0.4, -0.2) is 5.78 Å². The summed E-state index contributed by atoms with van der Waals surface area (Å²) in [5.74, 6) is 2.01. The number of nitrogens with zero attached hydrogens (tertiary/aromatic N) is 1. The molecule has 5 aromatic carbocycles. The molecule has 0 unspecified atom stereocenters. The van der Waals surface area contributed by atoms with Gasteiger partial charge in [0.25, 0.3) is 0 Å². The van der Waals surface area contributed by atoms with E-state index < -0.39 is 5.41 Å². The van der Waals surface area contributed by atoms with Crippen LogP contribution >= 0.6 is 0 Å². The van der Waals surface area contributed by atoms with Gasteiger partial charge in [0, 0.05) is 28.8 Å². The minimum atomic E-state index is -0.561. The van der Waals surface area contributed by atoms with Gasteiger partial charge in [0.2, 0.25) is 0 Å². The van der Waals surface area contributed by atoms with Crippen LogP contribution in [0, 0.1) is 13.8 Å². The summed E-state index contributed by atoms with van der Waals surface area (Å²) < 4.78 is 6.53. The Kier molecular flexibility index (Phi) is 4.91. The average Bonchev–Trinajstić information content (AvgIpc) is 2.97. The molecule has 2 heterocycles. The smallest absolute Gasteiger partial charge is 0.163 e. The normalized spacial score (nSPS) is 15.8. The molecule has 0 bridgehead atoms. The van der Waals surface area contributed by atoms with Gasteiger partial charge in [0.05, 0.1) is 16.8 Å². The molecule has 3 nitrogen and oxygen atoms in total. The number of hydrogen-bond donors (Lipinski definition) is 0. The maximum absolute atomic E-state index is 13.0. The van der Waals surface area contributed by atoms with Crippen LogP contribution in [-0.2, 0) is 11.8 Å². The fourth-order valence-corrected chi connectivity index (χ4v) is 7.17. The molecular formula is C37H29NO2. The zero-order valence-corrected chi connectivity index (χ0v) is 22.7. The van der Waals surface area contributed by atoms with Crippen molar-refractivity contribution < 1.29 is 9.53 Å². The van der Waals surface area contributed by atoms with Crippen molar-refractivity contribution in [2.45, 2.75) is 38.5 Å². The summed E-state index contributed by atoms with van der Waals surface area (Å²) in [4.78, 5) is 15.3. The number of para-hydroxylation sites is 2. The number of aryl methyl sites for hydroxylation is 3. The molecule has 0 radical (unpaired) electrons. The predicted molar refractivity (Wildman–Crippen MR) is 160 cm³/mol. The van der Waals surface area contributed by atoms with E-state index in [9.17, 15) is 4.79 Å². The molecule has 0 N–H and O–H groups in total. The molecule has 3 aliphatic rings. The summed E-state index contributed by atoms with van der Waals surface area (Å²) in [5.41, 5.74) is 11.9. The lowest BCUT2D eigenvalue weighted by Crippen LogP contribution is -2.40. The Hall–Kier alpha value is -4.63. The van der Waals surface area contributed by atoms with Gasteiger partial charge in [-0.05, 0) is 79.8 Å². The summed E-state index contributed by atoms with van der Waals surface area (Å²) in [5, 5.41) is 0. The Bertz CT molecular complexity index is 1770. The quantitative estimate of drug-likeness (QED) is 0.217. The highest BCUT2D eigenvalue weighted by atomic mass is 16.5. The number of rotatable bonds is 1. The third-order valence-corrected chi connectivity index (χ3v) is 8.90. The molecule has 1 aliphatic carbocycles. The molecule has 1 spiro atoms. The zero-order valence-electron chi connectivity index (χ0n) is 22.7. The van der Waals surface area contributed by atoms with Crippen LogP contribution in [0.15, 0.2) is 103 Å². The molecule has 0 saturated heterocycles. The lowest BCUT2D eigenvalue weighted by Gasteiger charge is -2.49. The van der Waals surface area contributed by atoms with Gasteiger partial charge in [-0.3, -0.25) is 4.79 Å². The predicted octanol–water partition coefficient (Wildman–Crippen LogP) is 9.09. The van der Waals surface area contributed by atoms with Crippen molar-refractivity contribution in [1.82, 2.24) is 0 Å². The molecule has 0 saturated carbocycles. The van der Waals surface area contributed by atoms with Crippen LogP contribution in [0.5, 0.6) is 11.5 Å². The van der Waals surface area contributed by atoms with E-state index in [1.54, 1.807) is 0 Å². The maximum atomic E-state index is 13.0. The second-order valence-corrected chi connectivity index (χ2v) is 11.3. The lowest BCUT2D eigenvalue weighted by atomic mass is 9.61. The van der Waals surface area contributed by atoms with Gasteiger partial charge >= 0.3 is 0 Å². The van der Waals surface area contributed by atoms with Crippen LogP contribution in [0.3, 0.4) is 0 Å². The van der Waals surface area contributed by atoms with Crippen molar-refractivity contribution in [2.24, 2.45) is 0 Å². The van der Waals surface area contributed by atoms with Crippen molar-refractivity contribution in [3.63, 3.8) is 0 Å². The van der Waals surface area contributed by atoms with Gasteiger partial charge in [0.15, 0.2) is 5.78 Å². The van der Waals surface area contributed by atoms with Crippen molar-refractivity contribution in [1.29, 1.82) is 0 Å². The third kappa shape index (κ3) is 3.09. The molecule has 8 rings (SSSR count). The second kappa shape index (κ2) is 8.43. The number of ether oxygens (including phenoxy) is 1. The number of carbonyl (C=O) groups is 1. The molecule has 5 aromatic rings. The standard InChI is InChI=1S/C37H29NO2/c1-23-14-18-32-30(20-23)37(28-9-3-5-12-35(28)40-36-13-6-4-10-29(36)37)31-21-24(2)15-19-33(31)38(32)26-17-16-25-8-7-11-34(39)27(25)22-26/h3-6,9-10,12-22H,7-8,11H2,1-2H3. The van der Waals surface area contributed by atoms with Crippen molar-refractivity contribution in [3.05, 3.63) is 148 Å². The van der Waals surface area contributed by atoms with E-state index in [1.165, 1.54) is 22.3 Å². The summed E-state index contributed by atoms with van der Waals surface area (Å²) in [7, 11) is 0. The molecule has 0 fully saturated rings. The average molecular weight is 520 g/mol. The monoisotopic (exact) mass is 519 g/mol. The maximum Gasteiger partial charge on any atom is 0.163 e. The highest BCUT2D eigenvalue weighted by Gasteiger charge is 2.51. The number of hydrogen-bond acceptors (Lipinski definition) is 3. The fraction of sp³-hybridized carbons (Fsp3) is 0.162. The molecule has 0 atom stereocenters. The summed E-state index contributed by atoms with van der Waals surface area (Å²) in [6.45, 7) is 4.33. The van der Waals surface area contributed by atoms with Crippen LogP contribution in [0.4, 0.5) is 17.1 Å². The van der Waals surface area contributed by atoms with E-state index in [4.69, 9.17) is 4.74 Å². The van der Waals surface area contributed by atoms with E-state index in [2.05, 4.69) is 110 Å². The minimum absolute atomic E-state index is 0.247. The Balaban J connectivity index is 1.51. The highest BCUT2D eigenvalue weighted by molar-refractivity contribution is 6.00. The largest absolute Gasteiger partial charge is 0.457 e. The molecule has 3 heteroatoms. The van der Waals surface area contributed by atoms with Gasteiger partial charge in [0.1, 0.15) is 11.5 Å². The van der Waals surface area contributed by atoms with Crippen LogP contribution < -0.4 is 9.64 Å². The number of ketones is 1. The first kappa shape index (κ1) is 23.3. The second-order valence-electron chi connectivity index (χ2n) is 11.3. The number of anilines is 3. The fourth-order valence-electron chi connectivity index (χ4n) is 7.17. The number of Topliss-reactive ketones (excluding diaryl/α,β-unsaturated/α-hetero) is 1. The first-order valence-corrected chi connectivity index (χ1v) is 14.1. The minimum Gasteiger partial charge on any atom is -0.457 e. The topological polar surface area (TPSA) is 29.5 Å². The van der Waals surface area contributed by atoms with Gasteiger partial charge in [-0.15, -0.1) is 0 Å². The van der Waals surface area contributed by atoms with Gasteiger partial charge < -0.3 is 9.64 Å². The van der Waals surface area contributed by atoms with Crippen molar-refractivity contribution in [3.8, 4) is 11.5 Å². The van der Waals surface area contributed by atoms with Crippen LogP contribution in [0.25, 0.3) is 0 Å². The molecular weight excluding hydrogens is 490 g/mol. The van der Waals surface area contributed by atoms with Gasteiger partial charge in [-0.2, -0.15) is 0 Å². The summed E-state index contributed by atoms with van der Waals surface area (Å²) >= 11 is 0. The first-order chi connectivity index (χ1) is 19.6.